The molecule has 0 aliphatic carbocycles. The van der Waals surface area contributed by atoms with Crippen LogP contribution in [0, 0.1) is 18.3 Å². The Bertz CT molecular complexity index is 953. The second kappa shape index (κ2) is 8.61. The average Bonchev–Trinajstić information content (AvgIpc) is 3.17. The van der Waals surface area contributed by atoms with Crippen molar-refractivity contribution in [3.05, 3.63) is 70.0 Å². The predicted molar refractivity (Wildman–Crippen MR) is 107 cm³/mol. The van der Waals surface area contributed by atoms with Gasteiger partial charge in [-0.2, -0.15) is 5.26 Å². The summed E-state index contributed by atoms with van der Waals surface area (Å²) in [6.07, 6.45) is 0.948. The highest BCUT2D eigenvalue weighted by atomic mass is 32.1. The summed E-state index contributed by atoms with van der Waals surface area (Å²) >= 11 is 1.33. The molecule has 5 heteroatoms. The van der Waals surface area contributed by atoms with Crippen molar-refractivity contribution in [1.29, 1.82) is 5.26 Å². The van der Waals surface area contributed by atoms with Gasteiger partial charge < -0.3 is 4.74 Å². The highest BCUT2D eigenvalue weighted by Gasteiger charge is 2.24. The standard InChI is InChI=1S/C22H20N2O2S/c1-3-16-6-10-18(11-7-16)26-13-21(25)19(12-23)22-24-20(14-27-22)17-8-4-15(2)5-9-17/h4-11,14,19H,3,13H2,1-2H3. The molecule has 0 saturated heterocycles. The van der Waals surface area contributed by atoms with E-state index in [2.05, 4.69) is 18.0 Å². The van der Waals surface area contributed by atoms with Gasteiger partial charge in [0.05, 0.1) is 11.8 Å². The van der Waals surface area contributed by atoms with Gasteiger partial charge in [-0.15, -0.1) is 11.3 Å². The lowest BCUT2D eigenvalue weighted by Gasteiger charge is -2.08. The number of nitriles is 1. The summed E-state index contributed by atoms with van der Waals surface area (Å²) in [5.74, 6) is -0.581. The second-order valence-electron chi connectivity index (χ2n) is 6.25. The molecule has 0 radical (unpaired) electrons. The first-order valence-corrected chi connectivity index (χ1v) is 9.65. The van der Waals surface area contributed by atoms with Crippen molar-refractivity contribution in [2.45, 2.75) is 26.2 Å². The molecule has 1 unspecified atom stereocenters. The highest BCUT2D eigenvalue weighted by Crippen LogP contribution is 2.27. The normalized spacial score (nSPS) is 11.6. The van der Waals surface area contributed by atoms with Crippen LogP contribution < -0.4 is 4.74 Å². The zero-order valence-corrected chi connectivity index (χ0v) is 16.1. The topological polar surface area (TPSA) is 63.0 Å². The maximum absolute atomic E-state index is 12.5. The molecular formula is C22H20N2O2S. The summed E-state index contributed by atoms with van der Waals surface area (Å²) in [6, 6.07) is 17.7. The van der Waals surface area contributed by atoms with Crippen LogP contribution in [-0.4, -0.2) is 17.4 Å². The summed E-state index contributed by atoms with van der Waals surface area (Å²) in [5.41, 5.74) is 4.12. The molecule has 0 aliphatic heterocycles. The molecule has 3 rings (SSSR count). The SMILES string of the molecule is CCc1ccc(OCC(=O)C(C#N)c2nc(-c3ccc(C)cc3)cs2)cc1. The fourth-order valence-corrected chi connectivity index (χ4v) is 3.49. The van der Waals surface area contributed by atoms with Crippen molar-refractivity contribution >= 4 is 17.1 Å². The summed E-state index contributed by atoms with van der Waals surface area (Å²) in [7, 11) is 0. The van der Waals surface area contributed by atoms with E-state index in [4.69, 9.17) is 4.74 Å². The summed E-state index contributed by atoms with van der Waals surface area (Å²) in [4.78, 5) is 17.0. The number of ketones is 1. The lowest BCUT2D eigenvalue weighted by molar-refractivity contribution is -0.121. The number of carbonyl (C=O) groups is 1. The van der Waals surface area contributed by atoms with Crippen LogP contribution in [0.1, 0.15) is 29.0 Å². The van der Waals surface area contributed by atoms with E-state index in [1.54, 1.807) is 0 Å². The number of nitrogens with zero attached hydrogens (tertiary/aromatic N) is 2. The molecule has 0 aliphatic rings. The lowest BCUT2D eigenvalue weighted by Crippen LogP contribution is -2.19. The van der Waals surface area contributed by atoms with Crippen molar-refractivity contribution in [3.63, 3.8) is 0 Å². The third-order valence-electron chi connectivity index (χ3n) is 4.28. The lowest BCUT2D eigenvalue weighted by atomic mass is 10.1. The van der Waals surface area contributed by atoms with Crippen LogP contribution >= 0.6 is 11.3 Å². The van der Waals surface area contributed by atoms with Gasteiger partial charge in [-0.25, -0.2) is 4.98 Å². The number of rotatable bonds is 7. The van der Waals surface area contributed by atoms with Gasteiger partial charge >= 0.3 is 0 Å². The number of Topliss-reactive ketones (excluding diaryl/α,β-unsaturated/α-hetero) is 1. The molecule has 3 aromatic rings. The van der Waals surface area contributed by atoms with Gasteiger partial charge in [0, 0.05) is 10.9 Å². The van der Waals surface area contributed by atoms with Gasteiger partial charge in [0.2, 0.25) is 0 Å². The van der Waals surface area contributed by atoms with Crippen molar-refractivity contribution in [1.82, 2.24) is 4.98 Å². The zero-order chi connectivity index (χ0) is 19.2. The van der Waals surface area contributed by atoms with Gasteiger partial charge in [-0.3, -0.25) is 4.79 Å². The number of aryl methyl sites for hydroxylation is 2. The Balaban J connectivity index is 1.68. The van der Waals surface area contributed by atoms with Gasteiger partial charge in [0.1, 0.15) is 17.4 Å². The second-order valence-corrected chi connectivity index (χ2v) is 7.14. The smallest absolute Gasteiger partial charge is 0.194 e. The summed E-state index contributed by atoms with van der Waals surface area (Å²) in [5, 5.41) is 11.9. The van der Waals surface area contributed by atoms with Crippen LogP contribution in [0.3, 0.4) is 0 Å². The predicted octanol–water partition coefficient (Wildman–Crippen LogP) is 4.94. The van der Waals surface area contributed by atoms with Crippen molar-refractivity contribution in [2.24, 2.45) is 0 Å². The Morgan fingerprint density at radius 1 is 1.19 bits per heavy atom. The molecule has 4 nitrogen and oxygen atoms in total. The summed E-state index contributed by atoms with van der Waals surface area (Å²) in [6.45, 7) is 3.95. The highest BCUT2D eigenvalue weighted by molar-refractivity contribution is 7.10. The van der Waals surface area contributed by atoms with E-state index in [-0.39, 0.29) is 12.4 Å². The third-order valence-corrected chi connectivity index (χ3v) is 5.19. The maximum atomic E-state index is 12.5. The van der Waals surface area contributed by atoms with Crippen molar-refractivity contribution in [3.8, 4) is 23.1 Å². The van der Waals surface area contributed by atoms with Gasteiger partial charge in [0.15, 0.2) is 11.7 Å². The van der Waals surface area contributed by atoms with Crippen LogP contribution in [0.2, 0.25) is 0 Å². The minimum absolute atomic E-state index is 0.150. The third kappa shape index (κ3) is 4.60. The van der Waals surface area contributed by atoms with E-state index >= 15 is 0 Å². The van der Waals surface area contributed by atoms with E-state index < -0.39 is 5.92 Å². The van der Waals surface area contributed by atoms with Crippen LogP contribution in [0.4, 0.5) is 0 Å². The Kier molecular flexibility index (Phi) is 6.00. The molecule has 0 fully saturated rings. The van der Waals surface area contributed by atoms with Gasteiger partial charge in [-0.1, -0.05) is 48.9 Å². The Morgan fingerprint density at radius 2 is 1.89 bits per heavy atom. The van der Waals surface area contributed by atoms with Crippen LogP contribution in [0.25, 0.3) is 11.3 Å². The fraction of sp³-hybridized carbons (Fsp3) is 0.227. The number of aromatic nitrogens is 1. The van der Waals surface area contributed by atoms with Crippen molar-refractivity contribution < 1.29 is 9.53 Å². The molecule has 1 atom stereocenters. The molecule has 0 spiro atoms. The van der Waals surface area contributed by atoms with E-state index in [9.17, 15) is 10.1 Å². The van der Waals surface area contributed by atoms with E-state index in [1.807, 2.05) is 60.8 Å². The number of ether oxygens (including phenoxy) is 1. The van der Waals surface area contributed by atoms with E-state index in [0.717, 1.165) is 17.7 Å². The van der Waals surface area contributed by atoms with Crippen LogP contribution in [0.15, 0.2) is 53.9 Å². The van der Waals surface area contributed by atoms with Gasteiger partial charge in [-0.05, 0) is 31.0 Å². The molecule has 0 N–H and O–H groups in total. The molecule has 0 saturated carbocycles. The molecule has 136 valence electrons. The molecule has 0 bridgehead atoms. The van der Waals surface area contributed by atoms with E-state index in [1.165, 1.54) is 22.5 Å². The zero-order valence-electron chi connectivity index (χ0n) is 15.3. The average molecular weight is 376 g/mol. The number of hydrogen-bond acceptors (Lipinski definition) is 5. The molecule has 2 aromatic carbocycles. The quantitative estimate of drug-likeness (QED) is 0.586. The Hall–Kier alpha value is -2.97. The first-order chi connectivity index (χ1) is 13.1. The van der Waals surface area contributed by atoms with Crippen LogP contribution in [0.5, 0.6) is 5.75 Å². The summed E-state index contributed by atoms with van der Waals surface area (Å²) < 4.78 is 5.55. The first kappa shape index (κ1) is 18.8. The molecule has 1 aromatic heterocycles. The maximum Gasteiger partial charge on any atom is 0.194 e. The number of thiazole rings is 1. The van der Waals surface area contributed by atoms with Crippen LogP contribution in [-0.2, 0) is 11.2 Å². The molecule has 0 amide bonds. The number of benzene rings is 2. The Morgan fingerprint density at radius 3 is 2.52 bits per heavy atom. The van der Waals surface area contributed by atoms with E-state index in [0.29, 0.717) is 10.8 Å². The minimum atomic E-state index is -0.913. The minimum Gasteiger partial charge on any atom is -0.486 e. The van der Waals surface area contributed by atoms with Gasteiger partial charge in [0.25, 0.3) is 0 Å². The molecular weight excluding hydrogens is 356 g/mol. The number of hydrogen-bond donors (Lipinski definition) is 0. The fourth-order valence-electron chi connectivity index (χ4n) is 2.60. The molecule has 27 heavy (non-hydrogen) atoms. The van der Waals surface area contributed by atoms with Crippen molar-refractivity contribution in [2.75, 3.05) is 6.61 Å². The largest absolute Gasteiger partial charge is 0.486 e. The monoisotopic (exact) mass is 376 g/mol. The first-order valence-electron chi connectivity index (χ1n) is 8.77. The Labute approximate surface area is 163 Å². The molecule has 1 heterocycles. The number of carbonyl (C=O) groups excluding carboxylic acids is 1.